The zero-order chi connectivity index (χ0) is 23.5. The molecule has 34 heavy (non-hydrogen) atoms. The number of nitrogens with zero attached hydrogens (tertiary/aromatic N) is 5. The number of likely N-dealkylation sites (tertiary alicyclic amines) is 1. The summed E-state index contributed by atoms with van der Waals surface area (Å²) < 4.78 is 7.96. The lowest BCUT2D eigenvalue weighted by molar-refractivity contribution is 0.211. The summed E-state index contributed by atoms with van der Waals surface area (Å²) in [5, 5.41) is 4.87. The number of ether oxygens (including phenoxy) is 1. The highest BCUT2D eigenvalue weighted by Gasteiger charge is 2.21. The Balaban J connectivity index is 1.22. The summed E-state index contributed by atoms with van der Waals surface area (Å²) in [5.41, 5.74) is 2.52. The summed E-state index contributed by atoms with van der Waals surface area (Å²) in [4.78, 5) is 18.4. The van der Waals surface area contributed by atoms with Gasteiger partial charge >= 0.3 is 0 Å². The average Bonchev–Trinajstić information content (AvgIpc) is 3.46. The number of rotatable bonds is 8. The lowest BCUT2D eigenvalue weighted by atomic mass is 10.0. The van der Waals surface area contributed by atoms with Crippen molar-refractivity contribution in [3.05, 3.63) is 64.8 Å². The lowest BCUT2D eigenvalue weighted by Crippen LogP contribution is -2.38. The number of anilines is 1. The van der Waals surface area contributed by atoms with Gasteiger partial charge in [-0.15, -0.1) is 11.3 Å². The number of thiophene rings is 1. The van der Waals surface area contributed by atoms with Crippen LogP contribution in [-0.4, -0.2) is 50.2 Å². The minimum Gasteiger partial charge on any atom is -0.494 e. The third-order valence-corrected chi connectivity index (χ3v) is 7.24. The van der Waals surface area contributed by atoms with Crippen LogP contribution in [0.5, 0.6) is 5.75 Å². The Labute approximate surface area is 204 Å². The molecule has 0 bridgehead atoms. The van der Waals surface area contributed by atoms with E-state index in [1.807, 2.05) is 32.6 Å². The standard InChI is InChI=1S/C26H32N6OS/c1-4-33-24-6-5-20(14-21(24)16-32-12-9-27-17-32)15-31-10-7-22(8-11-31)30-25-23-13-18(2)34-26(23)29-19(3)28-25/h5-6,9,12-14,17,22H,4,7-8,10-11,15-16H2,1-3H3,(H,28,29,30). The van der Waals surface area contributed by atoms with E-state index in [2.05, 4.69) is 55.9 Å². The minimum absolute atomic E-state index is 0.436. The molecule has 0 saturated carbocycles. The maximum atomic E-state index is 5.88. The van der Waals surface area contributed by atoms with Gasteiger partial charge in [-0.3, -0.25) is 4.90 Å². The van der Waals surface area contributed by atoms with Crippen molar-refractivity contribution in [3.63, 3.8) is 0 Å². The van der Waals surface area contributed by atoms with Crippen LogP contribution in [0.25, 0.3) is 10.2 Å². The molecule has 1 aliphatic rings. The van der Waals surface area contributed by atoms with Gasteiger partial charge in [-0.05, 0) is 57.4 Å². The normalized spacial score (nSPS) is 15.1. The van der Waals surface area contributed by atoms with Gasteiger partial charge in [0.15, 0.2) is 0 Å². The summed E-state index contributed by atoms with van der Waals surface area (Å²) in [6, 6.07) is 9.24. The fourth-order valence-corrected chi connectivity index (χ4v) is 5.60. The zero-order valence-corrected chi connectivity index (χ0v) is 20.9. The molecule has 0 radical (unpaired) electrons. The minimum atomic E-state index is 0.436. The van der Waals surface area contributed by atoms with Crippen molar-refractivity contribution in [1.29, 1.82) is 0 Å². The summed E-state index contributed by atoms with van der Waals surface area (Å²) in [6.45, 7) is 10.7. The van der Waals surface area contributed by atoms with E-state index in [-0.39, 0.29) is 0 Å². The molecule has 5 rings (SSSR count). The van der Waals surface area contributed by atoms with Crippen molar-refractivity contribution in [2.45, 2.75) is 52.7 Å². The Morgan fingerprint density at radius 3 is 2.74 bits per heavy atom. The van der Waals surface area contributed by atoms with E-state index >= 15 is 0 Å². The highest BCUT2D eigenvalue weighted by molar-refractivity contribution is 7.18. The Kier molecular flexibility index (Phi) is 6.78. The van der Waals surface area contributed by atoms with E-state index in [4.69, 9.17) is 9.72 Å². The topological polar surface area (TPSA) is 68.1 Å². The lowest BCUT2D eigenvalue weighted by Gasteiger charge is -2.33. The van der Waals surface area contributed by atoms with Crippen LogP contribution in [0.1, 0.15) is 41.6 Å². The first-order valence-corrected chi connectivity index (χ1v) is 12.8. The fraction of sp³-hybridized carbons (Fsp3) is 0.423. The molecule has 7 nitrogen and oxygen atoms in total. The molecule has 0 spiro atoms. The van der Waals surface area contributed by atoms with E-state index in [1.165, 1.54) is 16.0 Å². The van der Waals surface area contributed by atoms with Gasteiger partial charge in [-0.2, -0.15) is 0 Å². The van der Waals surface area contributed by atoms with E-state index in [9.17, 15) is 0 Å². The number of piperidine rings is 1. The Morgan fingerprint density at radius 2 is 1.97 bits per heavy atom. The van der Waals surface area contributed by atoms with Crippen molar-refractivity contribution in [1.82, 2.24) is 24.4 Å². The first kappa shape index (κ1) is 22.8. The summed E-state index contributed by atoms with van der Waals surface area (Å²) >= 11 is 1.74. The van der Waals surface area contributed by atoms with Crippen molar-refractivity contribution < 1.29 is 4.74 Å². The fourth-order valence-electron chi connectivity index (χ4n) is 4.67. The van der Waals surface area contributed by atoms with Gasteiger partial charge in [0.25, 0.3) is 0 Å². The molecule has 0 atom stereocenters. The molecular weight excluding hydrogens is 444 g/mol. The molecule has 3 aromatic heterocycles. The highest BCUT2D eigenvalue weighted by atomic mass is 32.1. The van der Waals surface area contributed by atoms with Crippen molar-refractivity contribution in [2.24, 2.45) is 0 Å². The van der Waals surface area contributed by atoms with Crippen LogP contribution in [0.4, 0.5) is 5.82 Å². The van der Waals surface area contributed by atoms with E-state index in [0.717, 1.165) is 66.6 Å². The quantitative estimate of drug-likeness (QED) is 0.385. The van der Waals surface area contributed by atoms with E-state index in [1.54, 1.807) is 11.3 Å². The number of aryl methyl sites for hydroxylation is 2. The van der Waals surface area contributed by atoms with Gasteiger partial charge in [-0.25, -0.2) is 15.0 Å². The molecule has 0 amide bonds. The van der Waals surface area contributed by atoms with Crippen LogP contribution in [0.15, 0.2) is 43.0 Å². The smallest absolute Gasteiger partial charge is 0.138 e. The summed E-state index contributed by atoms with van der Waals surface area (Å²) in [7, 11) is 0. The van der Waals surface area contributed by atoms with Crippen LogP contribution in [-0.2, 0) is 13.1 Å². The first-order valence-electron chi connectivity index (χ1n) is 12.0. The zero-order valence-electron chi connectivity index (χ0n) is 20.1. The number of hydrogen-bond donors (Lipinski definition) is 1. The van der Waals surface area contributed by atoms with Gasteiger partial charge in [0.05, 0.1) is 24.9 Å². The van der Waals surface area contributed by atoms with Crippen molar-refractivity contribution >= 4 is 27.4 Å². The van der Waals surface area contributed by atoms with Gasteiger partial charge < -0.3 is 14.6 Å². The van der Waals surface area contributed by atoms with Crippen LogP contribution in [0.3, 0.4) is 0 Å². The summed E-state index contributed by atoms with van der Waals surface area (Å²) in [5.74, 6) is 2.77. The van der Waals surface area contributed by atoms with Crippen LogP contribution >= 0.6 is 11.3 Å². The maximum Gasteiger partial charge on any atom is 0.138 e. The number of aromatic nitrogens is 4. The van der Waals surface area contributed by atoms with Crippen LogP contribution in [0.2, 0.25) is 0 Å². The van der Waals surface area contributed by atoms with E-state index in [0.29, 0.717) is 12.6 Å². The Hall–Kier alpha value is -2.97. The molecule has 1 saturated heterocycles. The van der Waals surface area contributed by atoms with Crippen molar-refractivity contribution in [2.75, 3.05) is 25.0 Å². The van der Waals surface area contributed by atoms with Gasteiger partial charge in [-0.1, -0.05) is 6.07 Å². The number of hydrogen-bond acceptors (Lipinski definition) is 7. The molecular formula is C26H32N6OS. The third-order valence-electron chi connectivity index (χ3n) is 6.30. The first-order chi connectivity index (χ1) is 16.6. The van der Waals surface area contributed by atoms with Crippen LogP contribution in [0, 0.1) is 13.8 Å². The Bertz CT molecular complexity index is 1240. The Morgan fingerprint density at radius 1 is 1.12 bits per heavy atom. The van der Waals surface area contributed by atoms with E-state index < -0.39 is 0 Å². The number of imidazole rings is 1. The number of nitrogens with one attached hydrogen (secondary N) is 1. The van der Waals surface area contributed by atoms with Gasteiger partial charge in [0.1, 0.15) is 22.2 Å². The highest BCUT2D eigenvalue weighted by Crippen LogP contribution is 2.30. The molecule has 1 N–H and O–H groups in total. The molecule has 4 aromatic rings. The van der Waals surface area contributed by atoms with Crippen molar-refractivity contribution in [3.8, 4) is 5.75 Å². The molecule has 178 valence electrons. The second-order valence-electron chi connectivity index (χ2n) is 9.00. The molecule has 4 heterocycles. The van der Waals surface area contributed by atoms with Gasteiger partial charge in [0, 0.05) is 48.5 Å². The second-order valence-corrected chi connectivity index (χ2v) is 10.2. The van der Waals surface area contributed by atoms with Gasteiger partial charge in [0.2, 0.25) is 0 Å². The molecule has 0 aliphatic carbocycles. The molecule has 1 aromatic carbocycles. The summed E-state index contributed by atoms with van der Waals surface area (Å²) in [6.07, 6.45) is 7.86. The monoisotopic (exact) mass is 476 g/mol. The van der Waals surface area contributed by atoms with Crippen LogP contribution < -0.4 is 10.1 Å². The largest absolute Gasteiger partial charge is 0.494 e. The SMILES string of the molecule is CCOc1ccc(CN2CCC(Nc3nc(C)nc4sc(C)cc34)CC2)cc1Cn1ccnc1. The molecule has 8 heteroatoms. The second kappa shape index (κ2) is 10.1. The number of fused-ring (bicyclic) bond motifs is 1. The number of benzene rings is 1. The average molecular weight is 477 g/mol. The molecule has 1 fully saturated rings. The molecule has 0 unspecified atom stereocenters. The predicted molar refractivity (Wildman–Crippen MR) is 138 cm³/mol. The predicted octanol–water partition coefficient (Wildman–Crippen LogP) is 5.03. The maximum absolute atomic E-state index is 5.88. The third kappa shape index (κ3) is 5.23. The molecule has 1 aliphatic heterocycles.